The van der Waals surface area contributed by atoms with E-state index < -0.39 is 0 Å². The lowest BCUT2D eigenvalue weighted by molar-refractivity contribution is 0.0111. The van der Waals surface area contributed by atoms with E-state index in [4.69, 9.17) is 15.0 Å². The first-order valence-electron chi connectivity index (χ1n) is 20.1. The van der Waals surface area contributed by atoms with Crippen molar-refractivity contribution in [2.24, 2.45) is 5.41 Å². The lowest BCUT2D eigenvalue weighted by Crippen LogP contribution is -2.64. The molecular formula is C42H82N8. The number of rotatable bonds is 14. The predicted octanol–water partition coefficient (Wildman–Crippen LogP) is 9.71. The van der Waals surface area contributed by atoms with Gasteiger partial charge in [-0.1, -0.05) is 47.5 Å². The van der Waals surface area contributed by atoms with E-state index in [-0.39, 0.29) is 44.6 Å². The van der Waals surface area contributed by atoms with Gasteiger partial charge in [0.1, 0.15) is 5.82 Å². The zero-order valence-corrected chi connectivity index (χ0v) is 36.2. The summed E-state index contributed by atoms with van der Waals surface area (Å²) in [6.45, 7) is 44.0. The van der Waals surface area contributed by atoms with Crippen LogP contribution in [0.2, 0.25) is 0 Å². The summed E-state index contributed by atoms with van der Waals surface area (Å²) in [6, 6.07) is 0.945. The number of unbranched alkanes of at least 4 members (excludes halogenated alkanes) is 3. The van der Waals surface area contributed by atoms with Crippen LogP contribution < -0.4 is 20.9 Å². The first-order valence-corrected chi connectivity index (χ1v) is 20.1. The van der Waals surface area contributed by atoms with Crippen LogP contribution in [-0.2, 0) is 0 Å². The molecule has 0 amide bonds. The van der Waals surface area contributed by atoms with E-state index in [2.05, 4.69) is 150 Å². The second kappa shape index (κ2) is 15.5. The number of hydrogen-bond acceptors (Lipinski definition) is 8. The SMILES string of the molecule is CC(C)c1nc(NC(C)(C)CC(C)(C)C)nc(N(CCCCCCN(C2CC(C)(C)NC(C)(C)C2)C(C)(C)C)C2CC(C)(C)NC(C)(C)C2)n1. The van der Waals surface area contributed by atoms with Crippen LogP contribution in [0.5, 0.6) is 0 Å². The minimum Gasteiger partial charge on any atom is -0.349 e. The van der Waals surface area contributed by atoms with Crippen molar-refractivity contribution >= 4 is 11.9 Å². The fourth-order valence-corrected chi connectivity index (χ4v) is 9.90. The monoisotopic (exact) mass is 699 g/mol. The van der Waals surface area contributed by atoms with Gasteiger partial charge in [-0.2, -0.15) is 15.0 Å². The summed E-state index contributed by atoms with van der Waals surface area (Å²) in [6.07, 6.45) is 10.3. The van der Waals surface area contributed by atoms with Gasteiger partial charge < -0.3 is 20.9 Å². The molecule has 0 aromatic carbocycles. The van der Waals surface area contributed by atoms with Gasteiger partial charge in [0.2, 0.25) is 11.9 Å². The summed E-state index contributed by atoms with van der Waals surface area (Å²) in [5.41, 5.74) is 0.564. The molecule has 3 N–H and O–H groups in total. The maximum atomic E-state index is 5.20. The Morgan fingerprint density at radius 2 is 1.12 bits per heavy atom. The summed E-state index contributed by atoms with van der Waals surface area (Å²) in [7, 11) is 0. The average Bonchev–Trinajstić information content (AvgIpc) is 2.83. The summed E-state index contributed by atoms with van der Waals surface area (Å²) in [5.74, 6) is 2.63. The van der Waals surface area contributed by atoms with Crippen LogP contribution in [0.4, 0.5) is 11.9 Å². The molecule has 0 radical (unpaired) electrons. The molecule has 8 nitrogen and oxygen atoms in total. The molecule has 0 aliphatic carbocycles. The van der Waals surface area contributed by atoms with Crippen molar-refractivity contribution in [2.45, 2.75) is 234 Å². The molecule has 50 heavy (non-hydrogen) atoms. The minimum atomic E-state index is -0.144. The third-order valence-electron chi connectivity index (χ3n) is 10.5. The van der Waals surface area contributed by atoms with E-state index in [0.717, 1.165) is 50.5 Å². The molecule has 3 rings (SSSR count). The number of hydrogen-bond donors (Lipinski definition) is 3. The maximum absolute atomic E-state index is 5.20. The molecule has 8 heteroatoms. The standard InChI is InChI=1S/C42H82N8/c1-30(2)33-43-34(46-42(17,18)29-36(3,4)5)45-35(44-33)49(31-25-38(9,10)47-39(11,12)26-31)23-21-19-20-22-24-50(37(6,7)8)32-27-40(13,14)48-41(15,16)28-32/h30-32,47-48H,19-29H2,1-18H3,(H,43,44,45,46). The summed E-state index contributed by atoms with van der Waals surface area (Å²) >= 11 is 0. The molecule has 3 heterocycles. The molecule has 0 spiro atoms. The Balaban J connectivity index is 1.80. The second-order valence-corrected chi connectivity index (χ2v) is 22.1. The normalized spacial score (nSPS) is 21.5. The maximum Gasteiger partial charge on any atom is 0.230 e. The number of anilines is 2. The fourth-order valence-electron chi connectivity index (χ4n) is 9.90. The third-order valence-corrected chi connectivity index (χ3v) is 10.5. The fraction of sp³-hybridized carbons (Fsp3) is 0.929. The Hall–Kier alpha value is -1.51. The molecule has 2 aliphatic rings. The van der Waals surface area contributed by atoms with Crippen LogP contribution in [-0.4, -0.2) is 78.3 Å². The first kappa shape index (κ1) is 42.9. The van der Waals surface area contributed by atoms with Gasteiger partial charge in [-0.15, -0.1) is 0 Å². The highest BCUT2D eigenvalue weighted by molar-refractivity contribution is 5.41. The van der Waals surface area contributed by atoms with Crippen molar-refractivity contribution in [3.8, 4) is 0 Å². The van der Waals surface area contributed by atoms with E-state index in [0.29, 0.717) is 18.0 Å². The van der Waals surface area contributed by atoms with Crippen LogP contribution in [0.3, 0.4) is 0 Å². The molecule has 1 aromatic rings. The molecule has 0 saturated carbocycles. The van der Waals surface area contributed by atoms with Gasteiger partial charge in [0, 0.05) is 57.8 Å². The zero-order chi connectivity index (χ0) is 38.1. The van der Waals surface area contributed by atoms with Gasteiger partial charge in [-0.3, -0.25) is 4.90 Å². The molecule has 0 unspecified atom stereocenters. The van der Waals surface area contributed by atoms with Crippen molar-refractivity contribution in [1.29, 1.82) is 0 Å². The largest absolute Gasteiger partial charge is 0.349 e. The van der Waals surface area contributed by atoms with Gasteiger partial charge in [0.05, 0.1) is 0 Å². The minimum absolute atomic E-state index is 0.0303. The van der Waals surface area contributed by atoms with Crippen molar-refractivity contribution < 1.29 is 0 Å². The smallest absolute Gasteiger partial charge is 0.230 e. The lowest BCUT2D eigenvalue weighted by Gasteiger charge is -2.53. The zero-order valence-electron chi connectivity index (χ0n) is 36.2. The van der Waals surface area contributed by atoms with Crippen LogP contribution in [0.1, 0.15) is 194 Å². The van der Waals surface area contributed by atoms with Gasteiger partial charge in [0.25, 0.3) is 0 Å². The average molecular weight is 699 g/mol. The molecule has 2 fully saturated rings. The Morgan fingerprint density at radius 1 is 0.660 bits per heavy atom. The highest BCUT2D eigenvalue weighted by atomic mass is 15.3. The van der Waals surface area contributed by atoms with Crippen molar-refractivity contribution in [1.82, 2.24) is 30.5 Å². The van der Waals surface area contributed by atoms with Crippen LogP contribution in [0.15, 0.2) is 0 Å². The Kier molecular flexibility index (Phi) is 13.3. The molecule has 0 atom stereocenters. The van der Waals surface area contributed by atoms with Crippen LogP contribution in [0.25, 0.3) is 0 Å². The second-order valence-electron chi connectivity index (χ2n) is 22.1. The summed E-state index contributed by atoms with van der Waals surface area (Å²) < 4.78 is 0. The summed E-state index contributed by atoms with van der Waals surface area (Å²) in [5, 5.41) is 11.5. The molecule has 2 aliphatic heterocycles. The van der Waals surface area contributed by atoms with Gasteiger partial charge in [-0.05, 0) is 147 Å². The van der Waals surface area contributed by atoms with Crippen molar-refractivity contribution in [3.05, 3.63) is 5.82 Å². The number of piperidine rings is 2. The molecule has 0 bridgehead atoms. The molecule has 290 valence electrons. The van der Waals surface area contributed by atoms with Crippen molar-refractivity contribution in [3.63, 3.8) is 0 Å². The molecule has 2 saturated heterocycles. The van der Waals surface area contributed by atoms with E-state index in [1.807, 2.05) is 0 Å². The highest BCUT2D eigenvalue weighted by Crippen LogP contribution is 2.36. The van der Waals surface area contributed by atoms with Gasteiger partial charge in [0.15, 0.2) is 0 Å². The first-order chi connectivity index (χ1) is 22.5. The van der Waals surface area contributed by atoms with Gasteiger partial charge in [-0.25, -0.2) is 0 Å². The van der Waals surface area contributed by atoms with Crippen LogP contribution in [0, 0.1) is 5.41 Å². The van der Waals surface area contributed by atoms with E-state index in [1.165, 1.54) is 32.1 Å². The van der Waals surface area contributed by atoms with Gasteiger partial charge >= 0.3 is 0 Å². The van der Waals surface area contributed by atoms with E-state index >= 15 is 0 Å². The predicted molar refractivity (Wildman–Crippen MR) is 217 cm³/mol. The summed E-state index contributed by atoms with van der Waals surface area (Å²) in [4.78, 5) is 20.7. The van der Waals surface area contributed by atoms with E-state index in [1.54, 1.807) is 0 Å². The quantitative estimate of drug-likeness (QED) is 0.166. The van der Waals surface area contributed by atoms with Crippen LogP contribution >= 0.6 is 0 Å². The number of nitrogens with zero attached hydrogens (tertiary/aromatic N) is 5. The Morgan fingerprint density at radius 3 is 1.56 bits per heavy atom. The topological polar surface area (TPSA) is 81.2 Å². The van der Waals surface area contributed by atoms with E-state index in [9.17, 15) is 0 Å². The molecule has 1 aromatic heterocycles. The number of nitrogens with one attached hydrogen (secondary N) is 3. The lowest BCUT2D eigenvalue weighted by atomic mass is 9.78. The Labute approximate surface area is 309 Å². The van der Waals surface area contributed by atoms with Crippen molar-refractivity contribution in [2.75, 3.05) is 23.3 Å². The Bertz CT molecular complexity index is 1200. The number of aromatic nitrogens is 3. The highest BCUT2D eigenvalue weighted by Gasteiger charge is 2.43. The third kappa shape index (κ3) is 13.5. The molecular weight excluding hydrogens is 617 g/mol.